The Labute approximate surface area is 298 Å². The van der Waals surface area contributed by atoms with E-state index in [1.54, 1.807) is 17.4 Å². The number of hydrogen-bond donors (Lipinski definition) is 0. The van der Waals surface area contributed by atoms with Gasteiger partial charge in [0.05, 0.1) is 33.5 Å². The molecular weight excluding hydrogens is 645 g/mol. The number of hydrogen-bond acceptors (Lipinski definition) is 6. The van der Waals surface area contributed by atoms with Crippen LogP contribution in [0.2, 0.25) is 0 Å². The predicted molar refractivity (Wildman–Crippen MR) is 207 cm³/mol. The highest BCUT2D eigenvalue weighted by Gasteiger charge is 2.17. The molecule has 0 bridgehead atoms. The lowest BCUT2D eigenvalue weighted by molar-refractivity contribution is 0.670. The van der Waals surface area contributed by atoms with Gasteiger partial charge in [0.15, 0.2) is 0 Å². The first kappa shape index (κ1) is 30.1. The molecule has 0 saturated heterocycles. The summed E-state index contributed by atoms with van der Waals surface area (Å²) >= 11 is 1.69. The Morgan fingerprint density at radius 1 is 0.529 bits per heavy atom. The van der Waals surface area contributed by atoms with Gasteiger partial charge in [0, 0.05) is 39.0 Å². The van der Waals surface area contributed by atoms with E-state index in [0.29, 0.717) is 11.1 Å². The lowest BCUT2D eigenvalue weighted by Gasteiger charge is -2.26. The van der Waals surface area contributed by atoms with Gasteiger partial charge in [-0.15, -0.1) is 11.3 Å². The van der Waals surface area contributed by atoms with Crippen molar-refractivity contribution in [1.29, 1.82) is 10.5 Å². The largest absolute Gasteiger partial charge is 0.455 e. The Morgan fingerprint density at radius 2 is 1.12 bits per heavy atom. The quantitative estimate of drug-likeness (QED) is 0.176. The van der Waals surface area contributed by atoms with Crippen molar-refractivity contribution >= 4 is 60.6 Å². The minimum absolute atomic E-state index is 0.460. The van der Waals surface area contributed by atoms with Crippen molar-refractivity contribution in [3.63, 3.8) is 0 Å². The van der Waals surface area contributed by atoms with Crippen LogP contribution < -0.4 is 4.90 Å². The Kier molecular flexibility index (Phi) is 7.36. The van der Waals surface area contributed by atoms with Crippen molar-refractivity contribution in [1.82, 2.24) is 4.98 Å². The van der Waals surface area contributed by atoms with E-state index in [-0.39, 0.29) is 0 Å². The van der Waals surface area contributed by atoms with E-state index in [2.05, 4.69) is 108 Å². The smallest absolute Gasteiger partial charge is 0.143 e. The SMILES string of the molecule is N#Cc1cc(C#N)cc(-c2ccc(N(c3ccc(-c4nc5ccccc5s4)cc3)c3ccc(-c4cccc5c4oc4ccccc45)cc3)cc2)c1. The maximum absolute atomic E-state index is 9.53. The zero-order valence-corrected chi connectivity index (χ0v) is 27.9. The van der Waals surface area contributed by atoms with E-state index >= 15 is 0 Å². The Hall–Kier alpha value is -6.99. The van der Waals surface area contributed by atoms with Crippen molar-refractivity contribution in [2.45, 2.75) is 0 Å². The van der Waals surface area contributed by atoms with Crippen LogP contribution in [0.3, 0.4) is 0 Å². The summed E-state index contributed by atoms with van der Waals surface area (Å²) in [6.07, 6.45) is 0. The fourth-order valence-corrected chi connectivity index (χ4v) is 7.66. The maximum Gasteiger partial charge on any atom is 0.143 e. The second kappa shape index (κ2) is 12.5. The molecule has 5 nitrogen and oxygen atoms in total. The van der Waals surface area contributed by atoms with E-state index in [1.165, 1.54) is 4.70 Å². The summed E-state index contributed by atoms with van der Waals surface area (Å²) in [6.45, 7) is 0. The monoisotopic (exact) mass is 670 g/mol. The number of para-hydroxylation sites is 3. The Bertz CT molecular complexity index is 2750. The molecule has 0 spiro atoms. The van der Waals surface area contributed by atoms with Crippen LogP contribution in [0.4, 0.5) is 17.1 Å². The summed E-state index contributed by atoms with van der Waals surface area (Å²) in [6, 6.07) is 57.5. The average molecular weight is 671 g/mol. The molecule has 2 aromatic heterocycles. The molecule has 0 amide bonds. The number of nitriles is 2. The first-order chi connectivity index (χ1) is 25.1. The second-order valence-corrected chi connectivity index (χ2v) is 13.3. The number of aromatic nitrogens is 1. The third kappa shape index (κ3) is 5.47. The van der Waals surface area contributed by atoms with Crippen molar-refractivity contribution < 1.29 is 4.42 Å². The molecule has 0 atom stereocenters. The fourth-order valence-electron chi connectivity index (χ4n) is 6.69. The summed E-state index contributed by atoms with van der Waals surface area (Å²) < 4.78 is 7.51. The summed E-state index contributed by atoms with van der Waals surface area (Å²) in [7, 11) is 0. The van der Waals surface area contributed by atoms with Gasteiger partial charge in [-0.1, -0.05) is 72.8 Å². The number of fused-ring (bicyclic) bond motifs is 4. The minimum Gasteiger partial charge on any atom is -0.455 e. The topological polar surface area (TPSA) is 76.8 Å². The van der Waals surface area contributed by atoms with Gasteiger partial charge in [0.1, 0.15) is 16.2 Å². The van der Waals surface area contributed by atoms with Crippen LogP contribution in [0, 0.1) is 22.7 Å². The van der Waals surface area contributed by atoms with Crippen LogP contribution in [0.5, 0.6) is 0 Å². The van der Waals surface area contributed by atoms with Gasteiger partial charge in [0.2, 0.25) is 0 Å². The molecule has 0 radical (unpaired) electrons. The minimum atomic E-state index is 0.460. The average Bonchev–Trinajstić information content (AvgIpc) is 3.81. The third-order valence-corrected chi connectivity index (χ3v) is 10.2. The van der Waals surface area contributed by atoms with Crippen molar-refractivity contribution in [3.8, 4) is 45.0 Å². The van der Waals surface area contributed by atoms with Gasteiger partial charge in [-0.3, -0.25) is 0 Å². The lowest BCUT2D eigenvalue weighted by atomic mass is 9.99. The zero-order chi connectivity index (χ0) is 34.3. The van der Waals surface area contributed by atoms with Gasteiger partial charge < -0.3 is 9.32 Å². The molecule has 7 aromatic carbocycles. The summed E-state index contributed by atoms with van der Waals surface area (Å²) in [5.41, 5.74) is 11.6. The number of benzene rings is 7. The summed E-state index contributed by atoms with van der Waals surface area (Å²) in [5.74, 6) is 0. The van der Waals surface area contributed by atoms with Crippen LogP contribution >= 0.6 is 11.3 Å². The molecule has 0 N–H and O–H groups in total. The van der Waals surface area contributed by atoms with Crippen LogP contribution in [-0.2, 0) is 0 Å². The molecule has 9 aromatic rings. The second-order valence-electron chi connectivity index (χ2n) is 12.3. The lowest BCUT2D eigenvalue weighted by Crippen LogP contribution is -2.09. The Balaban J connectivity index is 1.11. The molecule has 0 aliphatic carbocycles. The van der Waals surface area contributed by atoms with E-state index in [4.69, 9.17) is 9.40 Å². The third-order valence-electron chi connectivity index (χ3n) is 9.16. The summed E-state index contributed by atoms with van der Waals surface area (Å²) in [5, 5.41) is 22.3. The van der Waals surface area contributed by atoms with Crippen molar-refractivity contribution in [2.75, 3.05) is 4.90 Å². The van der Waals surface area contributed by atoms with Crippen LogP contribution in [-0.4, -0.2) is 4.98 Å². The highest BCUT2D eigenvalue weighted by Crippen LogP contribution is 2.40. The number of nitrogens with zero attached hydrogens (tertiary/aromatic N) is 4. The molecule has 0 unspecified atom stereocenters. The molecule has 0 fully saturated rings. The molecule has 238 valence electrons. The maximum atomic E-state index is 9.53. The molecular formula is C45H26N4OS. The van der Waals surface area contributed by atoms with Crippen LogP contribution in [0.15, 0.2) is 162 Å². The molecule has 0 saturated carbocycles. The summed E-state index contributed by atoms with van der Waals surface area (Å²) in [4.78, 5) is 7.09. The first-order valence-electron chi connectivity index (χ1n) is 16.5. The van der Waals surface area contributed by atoms with Crippen molar-refractivity contribution in [2.24, 2.45) is 0 Å². The van der Waals surface area contributed by atoms with Gasteiger partial charge in [-0.25, -0.2) is 4.98 Å². The van der Waals surface area contributed by atoms with Gasteiger partial charge in [0.25, 0.3) is 0 Å². The first-order valence-corrected chi connectivity index (χ1v) is 17.3. The zero-order valence-electron chi connectivity index (χ0n) is 27.1. The molecule has 0 aliphatic heterocycles. The van der Waals surface area contributed by atoms with E-state index in [1.807, 2.05) is 60.7 Å². The van der Waals surface area contributed by atoms with Crippen molar-refractivity contribution in [3.05, 3.63) is 169 Å². The molecule has 0 aliphatic rings. The fraction of sp³-hybridized carbons (Fsp3) is 0. The van der Waals surface area contributed by atoms with Crippen LogP contribution in [0.25, 0.3) is 65.0 Å². The highest BCUT2D eigenvalue weighted by atomic mass is 32.1. The molecule has 2 heterocycles. The van der Waals surface area contributed by atoms with Gasteiger partial charge in [-0.05, 0) is 102 Å². The number of furan rings is 1. The van der Waals surface area contributed by atoms with E-state index in [0.717, 1.165) is 77.3 Å². The molecule has 6 heteroatoms. The van der Waals surface area contributed by atoms with Gasteiger partial charge >= 0.3 is 0 Å². The number of rotatable bonds is 6. The number of thiazole rings is 1. The Morgan fingerprint density at radius 3 is 1.78 bits per heavy atom. The standard InChI is InChI=1S/C45H26N4OS/c46-27-29-24-30(28-47)26-34(25-29)31-12-18-35(19-13-31)49(37-22-16-33(17-23-37)45-48-41-9-2-4-11-43(41)51-45)36-20-14-32(15-21-36)38-7-5-8-40-39-6-1-3-10-42(39)50-44(38)40/h1-26H. The number of anilines is 3. The molecule has 51 heavy (non-hydrogen) atoms. The predicted octanol–water partition coefficient (Wildman–Crippen LogP) is 12.4. The van der Waals surface area contributed by atoms with Gasteiger partial charge in [-0.2, -0.15) is 10.5 Å². The normalized spacial score (nSPS) is 11.1. The van der Waals surface area contributed by atoms with E-state index in [9.17, 15) is 10.5 Å². The van der Waals surface area contributed by atoms with E-state index < -0.39 is 0 Å². The highest BCUT2D eigenvalue weighted by molar-refractivity contribution is 7.21. The van der Waals surface area contributed by atoms with Crippen LogP contribution in [0.1, 0.15) is 11.1 Å². The molecule has 9 rings (SSSR count).